The third-order valence-corrected chi connectivity index (χ3v) is 2.78. The molecule has 0 radical (unpaired) electrons. The van der Waals surface area contributed by atoms with E-state index >= 15 is 0 Å². The van der Waals surface area contributed by atoms with E-state index < -0.39 is 0 Å². The van der Waals surface area contributed by atoms with Crippen molar-refractivity contribution in [3.8, 4) is 0 Å². The van der Waals surface area contributed by atoms with Crippen LogP contribution in [0.2, 0.25) is 0 Å². The van der Waals surface area contributed by atoms with Gasteiger partial charge in [0, 0.05) is 23.8 Å². The zero-order valence-electron chi connectivity index (χ0n) is 7.83. The monoisotopic (exact) mass is 188 g/mol. The summed E-state index contributed by atoms with van der Waals surface area (Å²) in [5.74, 6) is 5.76. The lowest BCUT2D eigenvalue weighted by atomic mass is 10.1. The fourth-order valence-electron chi connectivity index (χ4n) is 2.09. The van der Waals surface area contributed by atoms with Gasteiger partial charge in [-0.05, 0) is 24.1 Å². The summed E-state index contributed by atoms with van der Waals surface area (Å²) in [5, 5.41) is 3.08. The normalized spacial score (nSPS) is 17.2. The average molecular weight is 188 g/mol. The van der Waals surface area contributed by atoms with Gasteiger partial charge in [-0.15, -0.1) is 0 Å². The summed E-state index contributed by atoms with van der Waals surface area (Å²) in [6, 6.07) is 4.09. The Morgan fingerprint density at radius 2 is 2.43 bits per heavy atom. The Kier molecular flexibility index (Phi) is 1.59. The minimum atomic E-state index is 0.797. The Labute approximate surface area is 81.7 Å². The maximum Gasteiger partial charge on any atom is 0.137 e. The van der Waals surface area contributed by atoms with Crippen LogP contribution in [0.25, 0.3) is 11.0 Å². The first-order valence-electron chi connectivity index (χ1n) is 4.78. The molecule has 0 saturated heterocycles. The molecular formula is C10H12N4. The van der Waals surface area contributed by atoms with Crippen LogP contribution >= 0.6 is 0 Å². The van der Waals surface area contributed by atoms with Crippen molar-refractivity contribution in [1.29, 1.82) is 0 Å². The molecular weight excluding hydrogens is 176 g/mol. The molecule has 0 aliphatic carbocycles. The molecule has 1 aliphatic heterocycles. The zero-order chi connectivity index (χ0) is 9.54. The number of hydrogen-bond donors (Lipinski definition) is 2. The van der Waals surface area contributed by atoms with Gasteiger partial charge in [-0.2, -0.15) is 0 Å². The van der Waals surface area contributed by atoms with Gasteiger partial charge in [0.2, 0.25) is 0 Å². The molecule has 72 valence electrons. The van der Waals surface area contributed by atoms with Gasteiger partial charge in [0.05, 0.1) is 6.54 Å². The van der Waals surface area contributed by atoms with Crippen LogP contribution < -0.4 is 5.84 Å². The first kappa shape index (κ1) is 7.96. The Morgan fingerprint density at radius 1 is 1.50 bits per heavy atom. The summed E-state index contributed by atoms with van der Waals surface area (Å²) in [6.07, 6.45) is 2.82. The lowest BCUT2D eigenvalue weighted by molar-refractivity contribution is 0.260. The zero-order valence-corrected chi connectivity index (χ0v) is 7.83. The van der Waals surface area contributed by atoms with Gasteiger partial charge in [-0.1, -0.05) is 0 Å². The first-order chi connectivity index (χ1) is 6.84. The van der Waals surface area contributed by atoms with Gasteiger partial charge in [0.1, 0.15) is 5.65 Å². The van der Waals surface area contributed by atoms with Crippen molar-refractivity contribution in [2.45, 2.75) is 13.0 Å². The second kappa shape index (κ2) is 2.80. The Balaban J connectivity index is 2.24. The van der Waals surface area contributed by atoms with Crippen LogP contribution in [-0.2, 0) is 13.0 Å². The number of rotatable bonds is 0. The van der Waals surface area contributed by atoms with Crippen LogP contribution in [0.3, 0.4) is 0 Å². The van der Waals surface area contributed by atoms with Crippen molar-refractivity contribution in [3.05, 3.63) is 29.6 Å². The van der Waals surface area contributed by atoms with Crippen LogP contribution in [0.1, 0.15) is 11.3 Å². The molecule has 0 fully saturated rings. The standard InChI is InChI=1S/C10H12N4/c11-14-5-3-7-8-2-1-4-12-10(8)13-9(7)6-14/h1-2,4H,3,5-6,11H2,(H,12,13). The Bertz CT molecular complexity index is 474. The highest BCUT2D eigenvalue weighted by Crippen LogP contribution is 2.24. The summed E-state index contributed by atoms with van der Waals surface area (Å²) in [6.45, 7) is 1.72. The molecule has 4 heteroatoms. The number of nitrogens with one attached hydrogen (secondary N) is 1. The number of nitrogens with zero attached hydrogens (tertiary/aromatic N) is 2. The van der Waals surface area contributed by atoms with E-state index in [2.05, 4.69) is 16.0 Å². The molecule has 3 N–H and O–H groups in total. The van der Waals surface area contributed by atoms with Crippen LogP contribution in [-0.4, -0.2) is 21.5 Å². The van der Waals surface area contributed by atoms with Crippen molar-refractivity contribution in [2.75, 3.05) is 6.54 Å². The number of aromatic nitrogens is 2. The molecule has 1 aliphatic rings. The lowest BCUT2D eigenvalue weighted by Gasteiger charge is -2.21. The minimum Gasteiger partial charge on any atom is -0.342 e. The predicted octanol–water partition coefficient (Wildman–Crippen LogP) is 0.795. The van der Waals surface area contributed by atoms with Gasteiger partial charge in [-0.25, -0.2) is 9.99 Å². The number of hydrogen-bond acceptors (Lipinski definition) is 3. The van der Waals surface area contributed by atoms with Crippen molar-refractivity contribution in [1.82, 2.24) is 15.0 Å². The highest BCUT2D eigenvalue weighted by Gasteiger charge is 2.18. The van der Waals surface area contributed by atoms with E-state index in [0.717, 1.165) is 25.2 Å². The quantitative estimate of drug-likeness (QED) is 0.601. The summed E-state index contributed by atoms with van der Waals surface area (Å²) in [7, 11) is 0. The number of aromatic amines is 1. The van der Waals surface area contributed by atoms with Crippen LogP contribution in [0.5, 0.6) is 0 Å². The molecule has 0 spiro atoms. The summed E-state index contributed by atoms with van der Waals surface area (Å²) < 4.78 is 0. The summed E-state index contributed by atoms with van der Waals surface area (Å²) >= 11 is 0. The molecule has 2 aromatic rings. The van der Waals surface area contributed by atoms with E-state index in [0.29, 0.717) is 0 Å². The average Bonchev–Trinajstić information content (AvgIpc) is 2.54. The minimum absolute atomic E-state index is 0.797. The molecule has 0 atom stereocenters. The first-order valence-corrected chi connectivity index (χ1v) is 4.78. The molecule has 0 bridgehead atoms. The van der Waals surface area contributed by atoms with Crippen molar-refractivity contribution >= 4 is 11.0 Å². The smallest absolute Gasteiger partial charge is 0.137 e. The van der Waals surface area contributed by atoms with Gasteiger partial charge in [0.25, 0.3) is 0 Å². The van der Waals surface area contributed by atoms with E-state index in [-0.39, 0.29) is 0 Å². The SMILES string of the molecule is NN1CCc2c([nH]c3ncccc23)C1. The van der Waals surface area contributed by atoms with Gasteiger partial charge in [-0.3, -0.25) is 5.84 Å². The van der Waals surface area contributed by atoms with Gasteiger partial charge in [0.15, 0.2) is 0 Å². The third-order valence-electron chi connectivity index (χ3n) is 2.78. The molecule has 3 heterocycles. The highest BCUT2D eigenvalue weighted by molar-refractivity contribution is 5.81. The van der Waals surface area contributed by atoms with Crippen LogP contribution in [0.4, 0.5) is 0 Å². The van der Waals surface area contributed by atoms with Crippen LogP contribution in [0.15, 0.2) is 18.3 Å². The number of nitrogens with two attached hydrogens (primary N) is 1. The van der Waals surface area contributed by atoms with Gasteiger partial charge >= 0.3 is 0 Å². The number of hydrazine groups is 1. The lowest BCUT2D eigenvalue weighted by Crippen LogP contribution is -2.35. The molecule has 0 amide bonds. The van der Waals surface area contributed by atoms with E-state index in [9.17, 15) is 0 Å². The number of fused-ring (bicyclic) bond motifs is 3. The van der Waals surface area contributed by atoms with E-state index in [1.54, 1.807) is 0 Å². The molecule has 0 aromatic carbocycles. The maximum absolute atomic E-state index is 5.76. The Hall–Kier alpha value is -1.39. The second-order valence-electron chi connectivity index (χ2n) is 3.70. The van der Waals surface area contributed by atoms with Crippen LogP contribution in [0, 0.1) is 0 Å². The molecule has 14 heavy (non-hydrogen) atoms. The molecule has 2 aromatic heterocycles. The topological polar surface area (TPSA) is 57.9 Å². The number of pyridine rings is 1. The summed E-state index contributed by atoms with van der Waals surface area (Å²) in [5.41, 5.74) is 3.58. The van der Waals surface area contributed by atoms with E-state index in [4.69, 9.17) is 5.84 Å². The predicted molar refractivity (Wildman–Crippen MR) is 54.4 cm³/mol. The second-order valence-corrected chi connectivity index (χ2v) is 3.70. The molecule has 3 rings (SSSR count). The largest absolute Gasteiger partial charge is 0.342 e. The third kappa shape index (κ3) is 1.05. The van der Waals surface area contributed by atoms with Crippen molar-refractivity contribution < 1.29 is 0 Å². The van der Waals surface area contributed by atoms with Crippen molar-refractivity contribution in [2.24, 2.45) is 5.84 Å². The Morgan fingerprint density at radius 3 is 3.36 bits per heavy atom. The van der Waals surface area contributed by atoms with Crippen molar-refractivity contribution in [3.63, 3.8) is 0 Å². The fourth-order valence-corrected chi connectivity index (χ4v) is 2.09. The maximum atomic E-state index is 5.76. The molecule has 0 saturated carbocycles. The van der Waals surface area contributed by atoms with E-state index in [1.165, 1.54) is 16.6 Å². The molecule has 0 unspecified atom stereocenters. The molecule has 4 nitrogen and oxygen atoms in total. The van der Waals surface area contributed by atoms with Gasteiger partial charge < -0.3 is 4.98 Å². The number of H-pyrrole nitrogens is 1. The fraction of sp³-hybridized carbons (Fsp3) is 0.300. The van der Waals surface area contributed by atoms with E-state index in [1.807, 2.05) is 17.3 Å². The summed E-state index contributed by atoms with van der Waals surface area (Å²) in [4.78, 5) is 7.61. The highest BCUT2D eigenvalue weighted by atomic mass is 15.4.